The number of nitrogens with one attached hydrogen (secondary N) is 2. The molecule has 5 heteroatoms. The molecule has 0 radical (unpaired) electrons. The van der Waals surface area contributed by atoms with Gasteiger partial charge in [-0.2, -0.15) is 0 Å². The third kappa shape index (κ3) is 5.97. The van der Waals surface area contributed by atoms with Crippen LogP contribution in [0.3, 0.4) is 0 Å². The second-order valence-electron chi connectivity index (χ2n) is 3.49. The number of ether oxygens (including phenoxy) is 1. The monoisotopic (exact) mass is 236 g/mol. The van der Waals surface area contributed by atoms with Crippen LogP contribution in [0.2, 0.25) is 0 Å². The molecule has 0 aromatic carbocycles. The Balaban J connectivity index is 0.00000196. The normalized spacial score (nSPS) is 20.5. The maximum Gasteiger partial charge on any atom is 0.237 e. The summed E-state index contributed by atoms with van der Waals surface area (Å²) >= 11 is 0. The van der Waals surface area contributed by atoms with Crippen LogP contribution in [0, 0.1) is 0 Å². The van der Waals surface area contributed by atoms with Crippen LogP contribution in [0.15, 0.2) is 0 Å². The summed E-state index contributed by atoms with van der Waals surface area (Å²) in [7, 11) is 0. The predicted octanol–water partition coefficient (Wildman–Crippen LogP) is 0.703. The topological polar surface area (TPSA) is 50.4 Å². The minimum Gasteiger partial charge on any atom is -0.380 e. The van der Waals surface area contributed by atoms with E-state index >= 15 is 0 Å². The first-order valence-electron chi connectivity index (χ1n) is 5.43. The van der Waals surface area contributed by atoms with E-state index < -0.39 is 0 Å². The minimum absolute atomic E-state index is 0. The average Bonchev–Trinajstić information content (AvgIpc) is 2.25. The van der Waals surface area contributed by atoms with Crippen molar-refractivity contribution in [2.45, 2.75) is 32.2 Å². The van der Waals surface area contributed by atoms with Crippen molar-refractivity contribution in [3.63, 3.8) is 0 Å². The van der Waals surface area contributed by atoms with E-state index in [9.17, 15) is 4.79 Å². The maximum atomic E-state index is 11.5. The van der Waals surface area contributed by atoms with Crippen molar-refractivity contribution < 1.29 is 9.53 Å². The van der Waals surface area contributed by atoms with Gasteiger partial charge >= 0.3 is 0 Å². The van der Waals surface area contributed by atoms with Crippen molar-refractivity contribution >= 4 is 18.3 Å². The Bertz CT molecular complexity index is 173. The lowest BCUT2D eigenvalue weighted by atomic mass is 10.0. The van der Waals surface area contributed by atoms with Gasteiger partial charge in [0.1, 0.15) is 0 Å². The van der Waals surface area contributed by atoms with Crippen molar-refractivity contribution in [1.29, 1.82) is 0 Å². The highest BCUT2D eigenvalue weighted by Gasteiger charge is 2.19. The number of carbonyl (C=O) groups excluding carboxylic acids is 1. The minimum atomic E-state index is 0. The molecular weight excluding hydrogens is 216 g/mol. The summed E-state index contributed by atoms with van der Waals surface area (Å²) < 4.78 is 5.14. The van der Waals surface area contributed by atoms with Gasteiger partial charge < -0.3 is 15.4 Å². The highest BCUT2D eigenvalue weighted by atomic mass is 35.5. The standard InChI is InChI=1S/C10H20N2O2.ClH/c1-2-14-8-7-12-10(13)9-5-3-4-6-11-9;/h9,11H,2-8H2,1H3,(H,12,13);1H. The molecule has 1 amide bonds. The fourth-order valence-electron chi connectivity index (χ4n) is 1.59. The van der Waals surface area contributed by atoms with Crippen molar-refractivity contribution in [1.82, 2.24) is 10.6 Å². The quantitative estimate of drug-likeness (QED) is 0.691. The van der Waals surface area contributed by atoms with Gasteiger partial charge in [0.25, 0.3) is 0 Å². The van der Waals surface area contributed by atoms with Gasteiger partial charge in [-0.15, -0.1) is 12.4 Å². The lowest BCUT2D eigenvalue weighted by molar-refractivity contribution is -0.123. The molecule has 0 spiro atoms. The fraction of sp³-hybridized carbons (Fsp3) is 0.900. The van der Waals surface area contributed by atoms with E-state index in [1.165, 1.54) is 6.42 Å². The summed E-state index contributed by atoms with van der Waals surface area (Å²) in [6.07, 6.45) is 3.29. The zero-order valence-corrected chi connectivity index (χ0v) is 10.1. The molecule has 1 aliphatic heterocycles. The molecule has 2 N–H and O–H groups in total. The van der Waals surface area contributed by atoms with Crippen LogP contribution in [0.5, 0.6) is 0 Å². The fourth-order valence-corrected chi connectivity index (χ4v) is 1.59. The Labute approximate surface area is 97.5 Å². The van der Waals surface area contributed by atoms with E-state index in [-0.39, 0.29) is 24.4 Å². The Morgan fingerprint density at radius 2 is 2.33 bits per heavy atom. The molecule has 1 aliphatic rings. The molecule has 0 saturated carbocycles. The first-order chi connectivity index (χ1) is 6.84. The van der Waals surface area contributed by atoms with E-state index in [0.717, 1.165) is 19.4 Å². The van der Waals surface area contributed by atoms with Gasteiger partial charge in [0, 0.05) is 13.2 Å². The molecule has 15 heavy (non-hydrogen) atoms. The molecule has 1 heterocycles. The molecule has 90 valence electrons. The zero-order valence-electron chi connectivity index (χ0n) is 9.25. The summed E-state index contributed by atoms with van der Waals surface area (Å²) in [6, 6.07) is 0.0189. The summed E-state index contributed by atoms with van der Waals surface area (Å²) in [6.45, 7) is 4.84. The molecule has 4 nitrogen and oxygen atoms in total. The van der Waals surface area contributed by atoms with E-state index in [0.29, 0.717) is 19.8 Å². The van der Waals surface area contributed by atoms with Crippen LogP contribution in [0.1, 0.15) is 26.2 Å². The molecule has 1 fully saturated rings. The zero-order chi connectivity index (χ0) is 10.2. The van der Waals surface area contributed by atoms with Crippen molar-refractivity contribution in [3.8, 4) is 0 Å². The first-order valence-corrected chi connectivity index (χ1v) is 5.43. The smallest absolute Gasteiger partial charge is 0.237 e. The van der Waals surface area contributed by atoms with E-state index in [4.69, 9.17) is 4.74 Å². The largest absolute Gasteiger partial charge is 0.380 e. The molecule has 1 rings (SSSR count). The molecule has 0 aliphatic carbocycles. The second-order valence-corrected chi connectivity index (χ2v) is 3.49. The van der Waals surface area contributed by atoms with Crippen LogP contribution < -0.4 is 10.6 Å². The highest BCUT2D eigenvalue weighted by Crippen LogP contribution is 2.06. The number of hydrogen-bond donors (Lipinski definition) is 2. The van der Waals surface area contributed by atoms with Gasteiger partial charge in [-0.05, 0) is 26.3 Å². The number of hydrogen-bond acceptors (Lipinski definition) is 3. The highest BCUT2D eigenvalue weighted by molar-refractivity contribution is 5.85. The molecular formula is C10H21ClN2O2. The third-order valence-corrected chi connectivity index (χ3v) is 2.38. The third-order valence-electron chi connectivity index (χ3n) is 2.38. The van der Waals surface area contributed by atoms with E-state index in [1.54, 1.807) is 0 Å². The van der Waals surface area contributed by atoms with Gasteiger partial charge in [0.05, 0.1) is 12.6 Å². The summed E-state index contributed by atoms with van der Waals surface area (Å²) in [5.41, 5.74) is 0. The molecule has 0 bridgehead atoms. The molecule has 1 unspecified atom stereocenters. The van der Waals surface area contributed by atoms with Crippen molar-refractivity contribution in [2.75, 3.05) is 26.3 Å². The maximum absolute atomic E-state index is 11.5. The van der Waals surface area contributed by atoms with Gasteiger partial charge in [-0.3, -0.25) is 4.79 Å². The molecule has 1 atom stereocenters. The number of rotatable bonds is 5. The van der Waals surface area contributed by atoms with Gasteiger partial charge in [-0.1, -0.05) is 6.42 Å². The number of halogens is 1. The Kier molecular flexibility index (Phi) is 8.76. The Morgan fingerprint density at radius 1 is 1.53 bits per heavy atom. The van der Waals surface area contributed by atoms with Crippen LogP contribution in [-0.4, -0.2) is 38.3 Å². The lowest BCUT2D eigenvalue weighted by Crippen LogP contribution is -2.47. The SMILES string of the molecule is CCOCCNC(=O)C1CCCCN1.Cl. The number of amides is 1. The predicted molar refractivity (Wildman–Crippen MR) is 62.4 cm³/mol. The Morgan fingerprint density at radius 3 is 2.93 bits per heavy atom. The van der Waals surface area contributed by atoms with Crippen LogP contribution in [0.4, 0.5) is 0 Å². The number of piperidine rings is 1. The van der Waals surface area contributed by atoms with E-state index in [1.807, 2.05) is 6.92 Å². The second kappa shape index (κ2) is 8.95. The van der Waals surface area contributed by atoms with Crippen molar-refractivity contribution in [3.05, 3.63) is 0 Å². The molecule has 0 aromatic heterocycles. The summed E-state index contributed by atoms with van der Waals surface area (Å²) in [5.74, 6) is 0.115. The summed E-state index contributed by atoms with van der Waals surface area (Å²) in [5, 5.41) is 6.07. The van der Waals surface area contributed by atoms with Crippen LogP contribution >= 0.6 is 12.4 Å². The van der Waals surface area contributed by atoms with E-state index in [2.05, 4.69) is 10.6 Å². The molecule has 0 aromatic rings. The number of carbonyl (C=O) groups is 1. The Hall–Kier alpha value is -0.320. The summed E-state index contributed by atoms with van der Waals surface area (Å²) in [4.78, 5) is 11.5. The van der Waals surface area contributed by atoms with Gasteiger partial charge in [-0.25, -0.2) is 0 Å². The molecule has 1 saturated heterocycles. The van der Waals surface area contributed by atoms with Crippen LogP contribution in [-0.2, 0) is 9.53 Å². The lowest BCUT2D eigenvalue weighted by Gasteiger charge is -2.22. The van der Waals surface area contributed by atoms with Crippen LogP contribution in [0.25, 0.3) is 0 Å². The average molecular weight is 237 g/mol. The van der Waals surface area contributed by atoms with Gasteiger partial charge in [0.2, 0.25) is 5.91 Å². The van der Waals surface area contributed by atoms with Gasteiger partial charge in [0.15, 0.2) is 0 Å². The van der Waals surface area contributed by atoms with Crippen molar-refractivity contribution in [2.24, 2.45) is 0 Å². The first kappa shape index (κ1) is 14.7.